The molecule has 16 heavy (non-hydrogen) atoms. The first kappa shape index (κ1) is 12.1. The van der Waals surface area contributed by atoms with Crippen LogP contribution in [0.2, 0.25) is 0 Å². The van der Waals surface area contributed by atoms with E-state index in [0.717, 1.165) is 5.01 Å². The first-order chi connectivity index (χ1) is 7.47. The third-order valence-corrected chi connectivity index (χ3v) is 2.18. The quantitative estimate of drug-likeness (QED) is 0.435. The van der Waals surface area contributed by atoms with Crippen LogP contribution in [0.3, 0.4) is 0 Å². The van der Waals surface area contributed by atoms with Gasteiger partial charge in [-0.05, 0) is 12.1 Å². The van der Waals surface area contributed by atoms with Crippen LogP contribution in [0, 0.1) is 15.0 Å². The third kappa shape index (κ3) is 2.75. The van der Waals surface area contributed by atoms with Crippen molar-refractivity contribution in [3.8, 4) is 0 Å². The number of nitro groups is 1. The van der Waals surface area contributed by atoms with Gasteiger partial charge in [0.25, 0.3) is 0 Å². The normalized spacial score (nSPS) is 10.9. The molecule has 0 amide bonds. The van der Waals surface area contributed by atoms with Gasteiger partial charge < -0.3 is 0 Å². The Morgan fingerprint density at radius 1 is 1.38 bits per heavy atom. The van der Waals surface area contributed by atoms with Gasteiger partial charge in [0.15, 0.2) is 0 Å². The van der Waals surface area contributed by atoms with Crippen LogP contribution in [-0.4, -0.2) is 17.0 Å². The molecule has 0 radical (unpaired) electrons. The lowest BCUT2D eigenvalue weighted by Crippen LogP contribution is -2.42. The van der Waals surface area contributed by atoms with Crippen LogP contribution in [0.1, 0.15) is 13.8 Å². The van der Waals surface area contributed by atoms with Crippen LogP contribution < -0.4 is 5.01 Å². The molecule has 0 fully saturated rings. The van der Waals surface area contributed by atoms with Gasteiger partial charge in [0, 0.05) is 18.8 Å². The molecule has 0 aliphatic rings. The van der Waals surface area contributed by atoms with Crippen molar-refractivity contribution in [2.24, 2.45) is 5.29 Å². The second kappa shape index (κ2) is 4.69. The zero-order chi connectivity index (χ0) is 12.2. The van der Waals surface area contributed by atoms with Gasteiger partial charge in [-0.1, -0.05) is 18.2 Å². The lowest BCUT2D eigenvalue weighted by molar-refractivity contribution is -0.557. The number of hydrogen-bond donors (Lipinski definition) is 0. The van der Waals surface area contributed by atoms with Gasteiger partial charge in [-0.15, -0.1) is 4.91 Å². The predicted molar refractivity (Wildman–Crippen MR) is 60.7 cm³/mol. The summed E-state index contributed by atoms with van der Waals surface area (Å²) in [6, 6.07) is 8.64. The second-order valence-corrected chi connectivity index (χ2v) is 4.04. The highest BCUT2D eigenvalue weighted by molar-refractivity contribution is 5.45. The lowest BCUT2D eigenvalue weighted by Gasteiger charge is -2.21. The van der Waals surface area contributed by atoms with Crippen LogP contribution in [-0.2, 0) is 0 Å². The molecule has 86 valence electrons. The molecular formula is C10H13N3O3. The van der Waals surface area contributed by atoms with Crippen LogP contribution >= 0.6 is 0 Å². The topological polar surface area (TPSA) is 75.8 Å². The number of nitrogens with zero attached hydrogens (tertiary/aromatic N) is 3. The van der Waals surface area contributed by atoms with E-state index in [1.165, 1.54) is 13.8 Å². The molecule has 0 bridgehead atoms. The zero-order valence-electron chi connectivity index (χ0n) is 9.16. The lowest BCUT2D eigenvalue weighted by atomic mass is 10.1. The highest BCUT2D eigenvalue weighted by Gasteiger charge is 2.34. The monoisotopic (exact) mass is 223 g/mol. The van der Waals surface area contributed by atoms with E-state index < -0.39 is 10.5 Å². The van der Waals surface area contributed by atoms with Crippen LogP contribution in [0.15, 0.2) is 35.6 Å². The highest BCUT2D eigenvalue weighted by atomic mass is 16.6. The molecule has 0 aliphatic carbocycles. The zero-order valence-corrected chi connectivity index (χ0v) is 9.16. The maximum Gasteiger partial charge on any atom is 0.236 e. The first-order valence-corrected chi connectivity index (χ1v) is 4.78. The van der Waals surface area contributed by atoms with Crippen molar-refractivity contribution in [1.82, 2.24) is 0 Å². The summed E-state index contributed by atoms with van der Waals surface area (Å²) in [5, 5.41) is 14.6. The summed E-state index contributed by atoms with van der Waals surface area (Å²) in [6.07, 6.45) is 0. The van der Waals surface area contributed by atoms with Gasteiger partial charge >= 0.3 is 0 Å². The third-order valence-electron chi connectivity index (χ3n) is 2.18. The fraction of sp³-hybridized carbons (Fsp3) is 0.400. The maximum absolute atomic E-state index is 10.7. The van der Waals surface area contributed by atoms with E-state index in [-0.39, 0.29) is 6.54 Å². The van der Waals surface area contributed by atoms with Crippen molar-refractivity contribution in [2.75, 3.05) is 11.6 Å². The Morgan fingerprint density at radius 2 is 1.94 bits per heavy atom. The van der Waals surface area contributed by atoms with Crippen molar-refractivity contribution in [3.63, 3.8) is 0 Å². The Hall–Kier alpha value is -1.98. The fourth-order valence-electron chi connectivity index (χ4n) is 1.19. The van der Waals surface area contributed by atoms with E-state index in [1.807, 2.05) is 0 Å². The average molecular weight is 223 g/mol. The van der Waals surface area contributed by atoms with E-state index in [4.69, 9.17) is 0 Å². The molecule has 0 heterocycles. The molecule has 0 saturated carbocycles. The molecule has 0 unspecified atom stereocenters. The van der Waals surface area contributed by atoms with Gasteiger partial charge in [-0.3, -0.25) is 10.1 Å². The van der Waals surface area contributed by atoms with Crippen molar-refractivity contribution < 1.29 is 4.92 Å². The Kier molecular flexibility index (Phi) is 3.55. The Morgan fingerprint density at radius 3 is 2.38 bits per heavy atom. The van der Waals surface area contributed by atoms with Crippen molar-refractivity contribution in [1.29, 1.82) is 0 Å². The summed E-state index contributed by atoms with van der Waals surface area (Å²) in [6.45, 7) is 2.84. The summed E-state index contributed by atoms with van der Waals surface area (Å²) in [4.78, 5) is 21.0. The molecular weight excluding hydrogens is 210 g/mol. The molecule has 0 N–H and O–H groups in total. The Bertz CT molecular complexity index is 378. The Balaban J connectivity index is 2.86. The van der Waals surface area contributed by atoms with Gasteiger partial charge in [0.05, 0.1) is 11.0 Å². The van der Waals surface area contributed by atoms with Crippen LogP contribution in [0.4, 0.5) is 5.69 Å². The molecule has 1 aromatic rings. The Labute approximate surface area is 93.0 Å². The second-order valence-electron chi connectivity index (χ2n) is 4.04. The molecule has 0 saturated heterocycles. The predicted octanol–water partition coefficient (Wildman–Crippen LogP) is 2.23. The minimum absolute atomic E-state index is 0.0620. The molecule has 0 aliphatic heterocycles. The summed E-state index contributed by atoms with van der Waals surface area (Å²) in [5.41, 5.74) is -0.670. The standard InChI is InChI=1S/C10H13N3O3/c1-10(2,13(15)16)8-12(11-14)9-6-4-3-5-7-9/h3-7H,8H2,1-2H3. The SMILES string of the molecule is CC(C)(CN(N=O)c1ccccc1)[N+](=O)[O-]. The molecule has 6 heteroatoms. The van der Waals surface area contributed by atoms with Crippen LogP contribution in [0.5, 0.6) is 0 Å². The van der Waals surface area contributed by atoms with E-state index >= 15 is 0 Å². The number of nitroso groups, excluding NO2 is 1. The molecule has 0 atom stereocenters. The summed E-state index contributed by atoms with van der Waals surface area (Å²) >= 11 is 0. The number of hydrogen-bond acceptors (Lipinski definition) is 4. The summed E-state index contributed by atoms with van der Waals surface area (Å²) in [5.74, 6) is 0. The molecule has 0 aromatic heterocycles. The maximum atomic E-state index is 10.7. The molecule has 1 rings (SSSR count). The van der Waals surface area contributed by atoms with E-state index in [1.54, 1.807) is 30.3 Å². The summed E-state index contributed by atoms with van der Waals surface area (Å²) in [7, 11) is 0. The van der Waals surface area contributed by atoms with E-state index in [9.17, 15) is 15.0 Å². The van der Waals surface area contributed by atoms with Crippen molar-refractivity contribution in [3.05, 3.63) is 45.4 Å². The fourth-order valence-corrected chi connectivity index (χ4v) is 1.19. The minimum Gasteiger partial charge on any atom is -0.264 e. The molecule has 0 spiro atoms. The highest BCUT2D eigenvalue weighted by Crippen LogP contribution is 2.18. The first-order valence-electron chi connectivity index (χ1n) is 4.78. The number of para-hydroxylation sites is 1. The largest absolute Gasteiger partial charge is 0.264 e. The number of rotatable bonds is 5. The van der Waals surface area contributed by atoms with Crippen molar-refractivity contribution >= 4 is 5.69 Å². The van der Waals surface area contributed by atoms with E-state index in [2.05, 4.69) is 5.29 Å². The average Bonchev–Trinajstić information content (AvgIpc) is 2.27. The van der Waals surface area contributed by atoms with Crippen molar-refractivity contribution in [2.45, 2.75) is 19.4 Å². The number of anilines is 1. The van der Waals surface area contributed by atoms with E-state index in [0.29, 0.717) is 5.69 Å². The van der Waals surface area contributed by atoms with Gasteiger partial charge in [0.1, 0.15) is 6.54 Å². The smallest absolute Gasteiger partial charge is 0.236 e. The molecule has 1 aromatic carbocycles. The molecule has 6 nitrogen and oxygen atoms in total. The minimum atomic E-state index is -1.22. The van der Waals surface area contributed by atoms with Gasteiger partial charge in [0.2, 0.25) is 5.54 Å². The summed E-state index contributed by atoms with van der Waals surface area (Å²) < 4.78 is 0. The van der Waals surface area contributed by atoms with Gasteiger partial charge in [-0.25, -0.2) is 5.01 Å². The van der Waals surface area contributed by atoms with Gasteiger partial charge in [-0.2, -0.15) is 0 Å². The van der Waals surface area contributed by atoms with Crippen LogP contribution in [0.25, 0.3) is 0 Å². The number of benzene rings is 1.